The van der Waals surface area contributed by atoms with E-state index in [-0.39, 0.29) is 12.2 Å². The van der Waals surface area contributed by atoms with E-state index >= 15 is 0 Å². The quantitative estimate of drug-likeness (QED) is 0.912. The summed E-state index contributed by atoms with van der Waals surface area (Å²) >= 11 is 0. The van der Waals surface area contributed by atoms with Gasteiger partial charge < -0.3 is 15.1 Å². The van der Waals surface area contributed by atoms with Gasteiger partial charge >= 0.3 is 0 Å². The van der Waals surface area contributed by atoms with Gasteiger partial charge in [-0.3, -0.25) is 9.59 Å². The average molecular weight is 304 g/mol. The number of hydrogen-bond acceptors (Lipinski definition) is 3. The minimum absolute atomic E-state index is 0.0835. The molecule has 0 bridgehead atoms. The number of hydrogen-bond donors (Lipinski definition) is 2. The van der Waals surface area contributed by atoms with Crippen LogP contribution in [0.15, 0.2) is 28.7 Å². The van der Waals surface area contributed by atoms with Crippen molar-refractivity contribution in [2.24, 2.45) is 0 Å². The van der Waals surface area contributed by atoms with Gasteiger partial charge in [0.15, 0.2) is 0 Å². The zero-order chi connectivity index (χ0) is 16.3. The number of amides is 2. The van der Waals surface area contributed by atoms with Crippen LogP contribution in [0.3, 0.4) is 0 Å². The lowest BCUT2D eigenvalue weighted by Crippen LogP contribution is -2.33. The van der Waals surface area contributed by atoms with E-state index in [1.165, 1.54) is 12.1 Å². The van der Waals surface area contributed by atoms with E-state index < -0.39 is 17.6 Å². The van der Waals surface area contributed by atoms with Crippen molar-refractivity contribution in [3.05, 3.63) is 52.7 Å². The summed E-state index contributed by atoms with van der Waals surface area (Å²) in [4.78, 5) is 23.7. The van der Waals surface area contributed by atoms with E-state index in [4.69, 9.17) is 4.42 Å². The van der Waals surface area contributed by atoms with Gasteiger partial charge in [-0.15, -0.1) is 0 Å². The molecule has 1 aromatic heterocycles. The molecule has 0 atom stereocenters. The largest absolute Gasteiger partial charge is 0.466 e. The normalized spacial score (nSPS) is 10.4. The van der Waals surface area contributed by atoms with Crippen LogP contribution in [0.5, 0.6) is 0 Å². The minimum atomic E-state index is -0.513. The lowest BCUT2D eigenvalue weighted by Gasteiger charge is -2.08. The Hall–Kier alpha value is -2.63. The Morgan fingerprint density at radius 3 is 2.50 bits per heavy atom. The molecule has 0 aliphatic carbocycles. The Balaban J connectivity index is 1.92. The second-order valence-corrected chi connectivity index (χ2v) is 5.04. The molecule has 2 amide bonds. The SMILES string of the molecule is Cc1ccc(NC(=O)CNC(=O)c2cc(C)oc2C)c(F)c1. The summed E-state index contributed by atoms with van der Waals surface area (Å²) in [7, 11) is 0. The van der Waals surface area contributed by atoms with Crippen LogP contribution in [0.2, 0.25) is 0 Å². The first kappa shape index (κ1) is 15.8. The van der Waals surface area contributed by atoms with E-state index in [0.717, 1.165) is 5.56 Å². The third-order valence-corrected chi connectivity index (χ3v) is 3.09. The van der Waals surface area contributed by atoms with Gasteiger partial charge in [-0.05, 0) is 44.5 Å². The van der Waals surface area contributed by atoms with Crippen molar-refractivity contribution in [1.82, 2.24) is 5.32 Å². The lowest BCUT2D eigenvalue weighted by atomic mass is 10.2. The molecule has 116 valence electrons. The predicted molar refractivity (Wildman–Crippen MR) is 80.3 cm³/mol. The summed E-state index contributed by atoms with van der Waals surface area (Å²) in [6, 6.07) is 6.09. The van der Waals surface area contributed by atoms with Crippen LogP contribution in [-0.4, -0.2) is 18.4 Å². The molecule has 0 saturated heterocycles. The van der Waals surface area contributed by atoms with Gasteiger partial charge in [0.1, 0.15) is 17.3 Å². The zero-order valence-corrected chi connectivity index (χ0v) is 12.6. The van der Waals surface area contributed by atoms with Crippen molar-refractivity contribution >= 4 is 17.5 Å². The molecule has 1 aromatic carbocycles. The topological polar surface area (TPSA) is 71.3 Å². The highest BCUT2D eigenvalue weighted by molar-refractivity contribution is 5.99. The second kappa shape index (κ2) is 6.43. The van der Waals surface area contributed by atoms with Gasteiger partial charge in [0, 0.05) is 0 Å². The summed E-state index contributed by atoms with van der Waals surface area (Å²) < 4.78 is 18.9. The summed E-state index contributed by atoms with van der Waals surface area (Å²) in [5.74, 6) is -0.322. The lowest BCUT2D eigenvalue weighted by molar-refractivity contribution is -0.115. The standard InChI is InChI=1S/C16H17FN2O3/c1-9-4-5-14(13(17)6-9)19-15(20)8-18-16(21)12-7-10(2)22-11(12)3/h4-7H,8H2,1-3H3,(H,18,21)(H,19,20). The summed E-state index contributed by atoms with van der Waals surface area (Å²) in [5.41, 5.74) is 1.22. The molecular formula is C16H17FN2O3. The first-order chi connectivity index (χ1) is 10.4. The summed E-state index contributed by atoms with van der Waals surface area (Å²) in [6.07, 6.45) is 0. The molecule has 0 aliphatic heterocycles. The maximum Gasteiger partial charge on any atom is 0.255 e. The van der Waals surface area contributed by atoms with Crippen molar-refractivity contribution in [3.63, 3.8) is 0 Å². The molecule has 2 N–H and O–H groups in total. The van der Waals surface area contributed by atoms with E-state index in [0.29, 0.717) is 17.1 Å². The molecule has 22 heavy (non-hydrogen) atoms. The molecule has 0 unspecified atom stereocenters. The van der Waals surface area contributed by atoms with Gasteiger partial charge in [0.05, 0.1) is 17.8 Å². The van der Waals surface area contributed by atoms with Crippen LogP contribution in [-0.2, 0) is 4.79 Å². The smallest absolute Gasteiger partial charge is 0.255 e. The van der Waals surface area contributed by atoms with Crippen molar-refractivity contribution in [2.75, 3.05) is 11.9 Å². The maximum absolute atomic E-state index is 13.6. The maximum atomic E-state index is 13.6. The molecule has 6 heteroatoms. The van der Waals surface area contributed by atoms with E-state index in [9.17, 15) is 14.0 Å². The van der Waals surface area contributed by atoms with Crippen molar-refractivity contribution in [3.8, 4) is 0 Å². The molecule has 2 rings (SSSR count). The number of halogens is 1. The van der Waals surface area contributed by atoms with Crippen LogP contribution in [0, 0.1) is 26.6 Å². The Morgan fingerprint density at radius 2 is 1.91 bits per heavy atom. The van der Waals surface area contributed by atoms with E-state index in [2.05, 4.69) is 10.6 Å². The van der Waals surface area contributed by atoms with Crippen LogP contribution >= 0.6 is 0 Å². The van der Waals surface area contributed by atoms with Crippen molar-refractivity contribution < 1.29 is 18.4 Å². The molecule has 0 saturated carbocycles. The zero-order valence-electron chi connectivity index (χ0n) is 12.6. The Morgan fingerprint density at radius 1 is 1.18 bits per heavy atom. The third kappa shape index (κ3) is 3.72. The van der Waals surface area contributed by atoms with Crippen LogP contribution in [0.25, 0.3) is 0 Å². The molecule has 1 heterocycles. The molecule has 2 aromatic rings. The molecule has 0 radical (unpaired) electrons. The van der Waals surface area contributed by atoms with Gasteiger partial charge in [-0.2, -0.15) is 0 Å². The average Bonchev–Trinajstić information content (AvgIpc) is 2.78. The monoisotopic (exact) mass is 304 g/mol. The molecule has 0 fully saturated rings. The van der Waals surface area contributed by atoms with Crippen molar-refractivity contribution in [2.45, 2.75) is 20.8 Å². The number of carbonyl (C=O) groups excluding carboxylic acids is 2. The first-order valence-electron chi connectivity index (χ1n) is 6.78. The third-order valence-electron chi connectivity index (χ3n) is 3.09. The van der Waals surface area contributed by atoms with Crippen LogP contribution < -0.4 is 10.6 Å². The highest BCUT2D eigenvalue weighted by atomic mass is 19.1. The molecular weight excluding hydrogens is 287 g/mol. The van der Waals surface area contributed by atoms with Crippen molar-refractivity contribution in [1.29, 1.82) is 0 Å². The highest BCUT2D eigenvalue weighted by Crippen LogP contribution is 2.15. The van der Waals surface area contributed by atoms with E-state index in [1.807, 2.05) is 0 Å². The van der Waals surface area contributed by atoms with Gasteiger partial charge in [0.25, 0.3) is 5.91 Å². The van der Waals surface area contributed by atoms with Gasteiger partial charge in [-0.1, -0.05) is 6.07 Å². The highest BCUT2D eigenvalue weighted by Gasteiger charge is 2.14. The second-order valence-electron chi connectivity index (χ2n) is 5.04. The number of nitrogens with one attached hydrogen (secondary N) is 2. The Labute approximate surface area is 127 Å². The van der Waals surface area contributed by atoms with E-state index in [1.54, 1.807) is 32.9 Å². The fraction of sp³-hybridized carbons (Fsp3) is 0.250. The number of rotatable bonds is 4. The van der Waals surface area contributed by atoms with Gasteiger partial charge in [0.2, 0.25) is 5.91 Å². The summed E-state index contributed by atoms with van der Waals surface area (Å²) in [6.45, 7) is 4.90. The predicted octanol–water partition coefficient (Wildman–Crippen LogP) is 2.71. The fourth-order valence-electron chi connectivity index (χ4n) is 2.03. The molecule has 5 nitrogen and oxygen atoms in total. The van der Waals surface area contributed by atoms with Crippen LogP contribution in [0.4, 0.5) is 10.1 Å². The number of anilines is 1. The number of furan rings is 1. The first-order valence-corrected chi connectivity index (χ1v) is 6.78. The fourth-order valence-corrected chi connectivity index (χ4v) is 2.03. The number of carbonyl (C=O) groups is 2. The summed E-state index contributed by atoms with van der Waals surface area (Å²) in [5, 5.41) is 4.88. The Bertz CT molecular complexity index is 722. The van der Waals surface area contributed by atoms with Crippen LogP contribution in [0.1, 0.15) is 27.4 Å². The Kier molecular flexibility index (Phi) is 4.60. The molecule has 0 aliphatic rings. The minimum Gasteiger partial charge on any atom is -0.466 e. The number of benzene rings is 1. The molecule has 0 spiro atoms. The number of aryl methyl sites for hydroxylation is 3. The van der Waals surface area contributed by atoms with Gasteiger partial charge in [-0.25, -0.2) is 4.39 Å².